The van der Waals surface area contributed by atoms with Gasteiger partial charge in [-0.15, -0.1) is 0 Å². The number of aliphatic hydroxyl groups excluding tert-OH is 1. The number of rotatable bonds is 37. The minimum absolute atomic E-state index is 0.878. The number of aliphatic carboxylic acids is 8. The molecule has 8 atom stereocenters. The Bertz CT molecular complexity index is 1820. The Kier molecular flexibility index (Phi) is 24.5. The van der Waals surface area contributed by atoms with Crippen LogP contribution in [0.1, 0.15) is 89.9 Å². The Morgan fingerprint density at radius 3 is 0.683 bits per heavy atom. The standard InChI is InChI=1S/C38H49NO24/c39-23(14-37(60)61)30(47)5-20(12-35(56)57)26(43)3-18(10-33(52)53)28(45)7-22(15-40)29(46)4-19(11-34(54)55)25(42)1-16(8-31(48)49)24(41)2-17(9-32(50)51)27(44)6-21(38(62)63)13-36(58)59/h16-23,40H,1-15,39H2,(H,48,49)(H,50,51)(H,52,53)(H,54,55)(H,56,57)(H,58,59)(H,60,61)(H,62,63). The molecule has 0 aromatic carbocycles. The fourth-order valence-corrected chi connectivity index (χ4v) is 6.44. The Hall–Kier alpha value is -6.63. The second kappa shape index (κ2) is 27.3. The quantitative estimate of drug-likeness (QED) is 0.0348. The van der Waals surface area contributed by atoms with E-state index in [9.17, 15) is 108 Å². The van der Waals surface area contributed by atoms with Gasteiger partial charge in [-0.3, -0.25) is 71.9 Å². The fraction of sp³-hybridized carbons (Fsp3) is 0.605. The number of carbonyl (C=O) groups excluding carboxylic acids is 7. The summed E-state index contributed by atoms with van der Waals surface area (Å²) in [5.41, 5.74) is 5.49. The summed E-state index contributed by atoms with van der Waals surface area (Å²) in [7, 11) is 0. The smallest absolute Gasteiger partial charge is 0.307 e. The van der Waals surface area contributed by atoms with Crippen LogP contribution in [0.4, 0.5) is 0 Å². The summed E-state index contributed by atoms with van der Waals surface area (Å²) in [6.45, 7) is -1.18. The molecule has 0 bridgehead atoms. The lowest BCUT2D eigenvalue weighted by atomic mass is 9.79. The maximum absolute atomic E-state index is 13.4. The van der Waals surface area contributed by atoms with Crippen LogP contribution in [0.3, 0.4) is 0 Å². The van der Waals surface area contributed by atoms with Crippen LogP contribution in [0, 0.1) is 41.4 Å². The number of hydrogen-bond acceptors (Lipinski definition) is 17. The van der Waals surface area contributed by atoms with E-state index in [0.29, 0.717) is 0 Å². The molecule has 0 aromatic rings. The van der Waals surface area contributed by atoms with Crippen molar-refractivity contribution in [1.29, 1.82) is 0 Å². The highest BCUT2D eigenvalue weighted by Crippen LogP contribution is 2.28. The molecule has 0 aliphatic rings. The molecule has 0 aromatic heterocycles. The molecule has 0 saturated carbocycles. The van der Waals surface area contributed by atoms with Crippen LogP contribution in [0.5, 0.6) is 0 Å². The van der Waals surface area contributed by atoms with Gasteiger partial charge in [-0.25, -0.2) is 0 Å². The van der Waals surface area contributed by atoms with Gasteiger partial charge in [0.25, 0.3) is 0 Å². The summed E-state index contributed by atoms with van der Waals surface area (Å²) in [5.74, 6) is -34.2. The molecule has 0 rings (SSSR count). The minimum atomic E-state index is -1.89. The molecule has 25 nitrogen and oxygen atoms in total. The monoisotopic (exact) mass is 903 g/mol. The fourth-order valence-electron chi connectivity index (χ4n) is 6.44. The third-order valence-electron chi connectivity index (χ3n) is 9.77. The number of carboxylic acids is 8. The molecule has 350 valence electrons. The molecule has 63 heavy (non-hydrogen) atoms. The van der Waals surface area contributed by atoms with Gasteiger partial charge in [0.15, 0.2) is 5.78 Å². The second-order valence-electron chi connectivity index (χ2n) is 14.9. The lowest BCUT2D eigenvalue weighted by molar-refractivity contribution is -0.150. The van der Waals surface area contributed by atoms with Crippen molar-refractivity contribution in [2.24, 2.45) is 47.2 Å². The van der Waals surface area contributed by atoms with Crippen molar-refractivity contribution in [2.75, 3.05) is 6.61 Å². The molecule has 11 N–H and O–H groups in total. The second-order valence-corrected chi connectivity index (χ2v) is 14.9. The lowest BCUT2D eigenvalue weighted by Gasteiger charge is -2.22. The van der Waals surface area contributed by atoms with Gasteiger partial charge in [0.1, 0.15) is 34.7 Å². The number of carboxylic acid groups (broad SMARTS) is 8. The maximum Gasteiger partial charge on any atom is 0.307 e. The summed E-state index contributed by atoms with van der Waals surface area (Å²) in [6.07, 6.45) is -14.7. The van der Waals surface area contributed by atoms with E-state index in [-0.39, 0.29) is 0 Å². The van der Waals surface area contributed by atoms with Crippen LogP contribution in [-0.4, -0.2) is 147 Å². The highest BCUT2D eigenvalue weighted by atomic mass is 16.4. The highest BCUT2D eigenvalue weighted by molar-refractivity contribution is 6.00. The molecule has 0 aliphatic carbocycles. The van der Waals surface area contributed by atoms with Crippen molar-refractivity contribution in [1.82, 2.24) is 0 Å². The zero-order chi connectivity index (χ0) is 48.9. The average Bonchev–Trinajstić information content (AvgIpc) is 3.13. The van der Waals surface area contributed by atoms with E-state index in [1.165, 1.54) is 0 Å². The zero-order valence-electron chi connectivity index (χ0n) is 33.5. The molecule has 0 spiro atoms. The van der Waals surface area contributed by atoms with Crippen molar-refractivity contribution in [2.45, 2.75) is 95.9 Å². The average molecular weight is 904 g/mol. The largest absolute Gasteiger partial charge is 0.481 e. The van der Waals surface area contributed by atoms with E-state index < -0.39 is 232 Å². The predicted octanol–water partition coefficient (Wildman–Crippen LogP) is -1.26. The van der Waals surface area contributed by atoms with E-state index in [1.807, 2.05) is 0 Å². The normalized spacial score (nSPS) is 14.8. The highest BCUT2D eigenvalue weighted by Gasteiger charge is 2.38. The van der Waals surface area contributed by atoms with E-state index in [2.05, 4.69) is 0 Å². The van der Waals surface area contributed by atoms with Crippen LogP contribution in [0.2, 0.25) is 0 Å². The summed E-state index contributed by atoms with van der Waals surface area (Å²) in [5, 5.41) is 84.1. The first kappa shape index (κ1) is 56.4. The molecule has 0 fully saturated rings. The predicted molar refractivity (Wildman–Crippen MR) is 200 cm³/mol. The number of ketones is 7. The molecule has 25 heteroatoms. The topological polar surface area (TPSA) is 464 Å². The van der Waals surface area contributed by atoms with Crippen molar-refractivity contribution in [3.05, 3.63) is 0 Å². The first-order chi connectivity index (χ1) is 29.1. The zero-order valence-corrected chi connectivity index (χ0v) is 33.5. The van der Waals surface area contributed by atoms with Crippen molar-refractivity contribution in [3.63, 3.8) is 0 Å². The Labute approximate surface area is 355 Å². The van der Waals surface area contributed by atoms with E-state index in [1.54, 1.807) is 0 Å². The number of Topliss-reactive ketones (excluding diaryl/α,β-unsaturated/α-hetero) is 7. The molecule has 0 heterocycles. The van der Waals surface area contributed by atoms with Gasteiger partial charge in [0.2, 0.25) is 0 Å². The van der Waals surface area contributed by atoms with E-state index >= 15 is 0 Å². The van der Waals surface area contributed by atoms with Gasteiger partial charge in [-0.1, -0.05) is 0 Å². The Morgan fingerprint density at radius 1 is 0.270 bits per heavy atom. The third kappa shape index (κ3) is 22.7. The summed E-state index contributed by atoms with van der Waals surface area (Å²) in [6, 6.07) is -1.65. The van der Waals surface area contributed by atoms with E-state index in [0.717, 1.165) is 0 Å². The molecule has 0 saturated heterocycles. The SMILES string of the molecule is NC(CC(=O)O)C(=O)CC(CC(=O)O)C(=O)CC(CC(=O)O)C(=O)CC(CO)C(=O)CC(CC(=O)O)C(=O)CC(CC(=O)O)C(=O)CC(CC(=O)O)C(=O)CC(CC(=O)O)C(=O)O. The van der Waals surface area contributed by atoms with Gasteiger partial charge in [-0.2, -0.15) is 0 Å². The molecule has 8 unspecified atom stereocenters. The summed E-state index contributed by atoms with van der Waals surface area (Å²) in [4.78, 5) is 183. The number of aliphatic hydroxyl groups is 1. The summed E-state index contributed by atoms with van der Waals surface area (Å²) < 4.78 is 0. The van der Waals surface area contributed by atoms with E-state index in [4.69, 9.17) is 15.9 Å². The molecule has 0 radical (unpaired) electrons. The van der Waals surface area contributed by atoms with Gasteiger partial charge in [0, 0.05) is 80.5 Å². The third-order valence-corrected chi connectivity index (χ3v) is 9.77. The molecular formula is C38H49NO24. The van der Waals surface area contributed by atoms with Gasteiger partial charge >= 0.3 is 47.8 Å². The maximum atomic E-state index is 13.4. The van der Waals surface area contributed by atoms with Crippen molar-refractivity contribution in [3.8, 4) is 0 Å². The lowest BCUT2D eigenvalue weighted by Crippen LogP contribution is -2.36. The molecular weight excluding hydrogens is 854 g/mol. The number of nitrogens with two attached hydrogens (primary N) is 1. The van der Waals surface area contributed by atoms with Gasteiger partial charge in [0.05, 0.1) is 63.5 Å². The first-order valence-electron chi connectivity index (χ1n) is 18.9. The Morgan fingerprint density at radius 2 is 0.460 bits per heavy atom. The van der Waals surface area contributed by atoms with Crippen LogP contribution >= 0.6 is 0 Å². The van der Waals surface area contributed by atoms with Crippen molar-refractivity contribution >= 4 is 88.2 Å². The van der Waals surface area contributed by atoms with Crippen LogP contribution in [-0.2, 0) is 71.9 Å². The summed E-state index contributed by atoms with van der Waals surface area (Å²) >= 11 is 0. The van der Waals surface area contributed by atoms with Crippen LogP contribution < -0.4 is 5.73 Å². The van der Waals surface area contributed by atoms with Gasteiger partial charge < -0.3 is 51.7 Å². The number of hydrogen-bond donors (Lipinski definition) is 10. The van der Waals surface area contributed by atoms with Crippen LogP contribution in [0.25, 0.3) is 0 Å². The minimum Gasteiger partial charge on any atom is -0.481 e. The molecule has 0 amide bonds. The van der Waals surface area contributed by atoms with Crippen molar-refractivity contribution < 1.29 is 118 Å². The van der Waals surface area contributed by atoms with Crippen LogP contribution in [0.15, 0.2) is 0 Å². The first-order valence-corrected chi connectivity index (χ1v) is 18.9. The van der Waals surface area contributed by atoms with Gasteiger partial charge in [-0.05, 0) is 0 Å². The Balaban J connectivity index is 6.37. The number of carbonyl (C=O) groups is 15. The molecule has 0 aliphatic heterocycles.